The Hall–Kier alpha value is -0.0800. The van der Waals surface area contributed by atoms with Crippen molar-refractivity contribution in [3.63, 3.8) is 0 Å². The molecule has 0 bridgehead atoms. The zero-order valence-corrected chi connectivity index (χ0v) is 6.57. The van der Waals surface area contributed by atoms with Gasteiger partial charge in [-0.1, -0.05) is 20.8 Å². The van der Waals surface area contributed by atoms with Crippen LogP contribution < -0.4 is 10.6 Å². The Morgan fingerprint density at radius 1 is 1.22 bits per heavy atom. The zero-order valence-electron chi connectivity index (χ0n) is 6.57. The first-order valence-corrected chi connectivity index (χ1v) is 3.61. The molecule has 0 heterocycles. The fraction of sp³-hybridized carbons (Fsp3) is 0.857. The lowest BCUT2D eigenvalue weighted by Gasteiger charge is -2.15. The van der Waals surface area contributed by atoms with Gasteiger partial charge in [-0.3, -0.25) is 0 Å². The summed E-state index contributed by atoms with van der Waals surface area (Å²) in [5.74, 6) is 0. The van der Waals surface area contributed by atoms with Gasteiger partial charge in [-0.05, 0) is 19.5 Å². The van der Waals surface area contributed by atoms with Gasteiger partial charge in [0.2, 0.25) is 0 Å². The summed E-state index contributed by atoms with van der Waals surface area (Å²) < 4.78 is 0. The Labute approximate surface area is 58.0 Å². The molecule has 1 radical (unpaired) electrons. The Balaban J connectivity index is 3.18. The molecule has 2 N–H and O–H groups in total. The molecule has 2 heteroatoms. The molecule has 2 nitrogen and oxygen atoms in total. The number of hydrogen-bond acceptors (Lipinski definition) is 2. The quantitative estimate of drug-likeness (QED) is 0.535. The van der Waals surface area contributed by atoms with E-state index in [0.717, 1.165) is 13.1 Å². The average molecular weight is 129 g/mol. The highest BCUT2D eigenvalue weighted by Crippen LogP contribution is 1.81. The third-order valence-electron chi connectivity index (χ3n) is 1.18. The lowest BCUT2D eigenvalue weighted by Crippen LogP contribution is -2.41. The first kappa shape index (κ1) is 8.92. The van der Waals surface area contributed by atoms with Crippen molar-refractivity contribution in [2.75, 3.05) is 13.1 Å². The molecule has 0 fully saturated rings. The summed E-state index contributed by atoms with van der Waals surface area (Å²) >= 11 is 0. The standard InChI is InChI=1S/C7H17N2/c1-4-7(8-5-2)9-6-3/h4,7-9H,5-6H2,1-3H3. The van der Waals surface area contributed by atoms with E-state index in [1.54, 1.807) is 0 Å². The zero-order chi connectivity index (χ0) is 7.11. The summed E-state index contributed by atoms with van der Waals surface area (Å²) in [5, 5.41) is 6.53. The van der Waals surface area contributed by atoms with E-state index in [1.165, 1.54) is 0 Å². The molecule has 0 aromatic carbocycles. The Morgan fingerprint density at radius 2 is 1.67 bits per heavy atom. The van der Waals surface area contributed by atoms with Crippen LogP contribution in [0.4, 0.5) is 0 Å². The van der Waals surface area contributed by atoms with E-state index in [9.17, 15) is 0 Å². The van der Waals surface area contributed by atoms with Crippen molar-refractivity contribution in [2.24, 2.45) is 0 Å². The van der Waals surface area contributed by atoms with Gasteiger partial charge >= 0.3 is 0 Å². The van der Waals surface area contributed by atoms with Crippen LogP contribution in [0, 0.1) is 6.42 Å². The molecule has 0 aromatic rings. The second-order valence-electron chi connectivity index (χ2n) is 1.93. The lowest BCUT2D eigenvalue weighted by atomic mass is 10.3. The molecule has 0 aliphatic carbocycles. The second kappa shape index (κ2) is 6.05. The molecule has 0 spiro atoms. The average Bonchev–Trinajstić information content (AvgIpc) is 1.88. The smallest absolute Gasteiger partial charge is 0.0601 e. The van der Waals surface area contributed by atoms with E-state index >= 15 is 0 Å². The fourth-order valence-corrected chi connectivity index (χ4v) is 0.748. The first-order valence-electron chi connectivity index (χ1n) is 3.61. The minimum Gasteiger partial charge on any atom is -0.302 e. The van der Waals surface area contributed by atoms with Gasteiger partial charge in [0.25, 0.3) is 0 Å². The maximum absolute atomic E-state index is 3.27. The molecular formula is C7H17N2. The van der Waals surface area contributed by atoms with E-state index in [1.807, 2.05) is 0 Å². The second-order valence-corrected chi connectivity index (χ2v) is 1.93. The highest BCUT2D eigenvalue weighted by molar-refractivity contribution is 4.74. The number of hydrogen-bond donors (Lipinski definition) is 2. The minimum atomic E-state index is 0.389. The first-order chi connectivity index (χ1) is 4.35. The summed E-state index contributed by atoms with van der Waals surface area (Å²) in [6, 6.07) is 0. The van der Waals surface area contributed by atoms with Gasteiger partial charge in [-0.15, -0.1) is 0 Å². The van der Waals surface area contributed by atoms with Gasteiger partial charge in [-0.25, -0.2) is 0 Å². The van der Waals surface area contributed by atoms with Gasteiger partial charge in [0.15, 0.2) is 0 Å². The number of rotatable bonds is 5. The number of nitrogens with one attached hydrogen (secondary N) is 2. The van der Waals surface area contributed by atoms with Crippen LogP contribution >= 0.6 is 0 Å². The van der Waals surface area contributed by atoms with Crippen LogP contribution in [0.2, 0.25) is 0 Å². The molecule has 0 saturated heterocycles. The van der Waals surface area contributed by atoms with Gasteiger partial charge in [-0.2, -0.15) is 0 Å². The van der Waals surface area contributed by atoms with E-state index in [4.69, 9.17) is 0 Å². The lowest BCUT2D eigenvalue weighted by molar-refractivity contribution is 0.493. The van der Waals surface area contributed by atoms with Crippen molar-refractivity contribution in [2.45, 2.75) is 26.9 Å². The van der Waals surface area contributed by atoms with E-state index in [0.29, 0.717) is 6.17 Å². The van der Waals surface area contributed by atoms with Crippen molar-refractivity contribution >= 4 is 0 Å². The Bertz CT molecular complexity index is 48.9. The summed E-state index contributed by atoms with van der Waals surface area (Å²) in [6.07, 6.45) is 2.51. The molecule has 55 valence electrons. The maximum Gasteiger partial charge on any atom is 0.0601 e. The van der Waals surface area contributed by atoms with E-state index < -0.39 is 0 Å². The molecule has 0 saturated carbocycles. The van der Waals surface area contributed by atoms with E-state index in [-0.39, 0.29) is 0 Å². The predicted octanol–water partition coefficient (Wildman–Crippen LogP) is 0.756. The highest BCUT2D eigenvalue weighted by atomic mass is 15.1. The molecule has 0 unspecified atom stereocenters. The van der Waals surface area contributed by atoms with Crippen LogP contribution in [0.3, 0.4) is 0 Å². The highest BCUT2D eigenvalue weighted by Gasteiger charge is 1.98. The molecule has 0 aliphatic rings. The van der Waals surface area contributed by atoms with Crippen LogP contribution in [0.1, 0.15) is 20.8 Å². The summed E-state index contributed by atoms with van der Waals surface area (Å²) in [4.78, 5) is 0. The van der Waals surface area contributed by atoms with Crippen LogP contribution in [0.15, 0.2) is 0 Å². The molecule has 0 atom stereocenters. The molecule has 0 aromatic heterocycles. The topological polar surface area (TPSA) is 24.1 Å². The maximum atomic E-state index is 3.27. The predicted molar refractivity (Wildman–Crippen MR) is 41.1 cm³/mol. The van der Waals surface area contributed by atoms with Crippen molar-refractivity contribution < 1.29 is 0 Å². The Kier molecular flexibility index (Phi) is 5.99. The molecular weight excluding hydrogens is 112 g/mol. The van der Waals surface area contributed by atoms with Crippen molar-refractivity contribution in [1.29, 1.82) is 0 Å². The third-order valence-corrected chi connectivity index (χ3v) is 1.18. The fourth-order valence-electron chi connectivity index (χ4n) is 0.748. The van der Waals surface area contributed by atoms with Gasteiger partial charge < -0.3 is 10.6 Å². The van der Waals surface area contributed by atoms with Gasteiger partial charge in [0, 0.05) is 0 Å². The van der Waals surface area contributed by atoms with Crippen molar-refractivity contribution in [3.05, 3.63) is 6.42 Å². The molecule has 9 heavy (non-hydrogen) atoms. The molecule has 0 amide bonds. The van der Waals surface area contributed by atoms with Crippen molar-refractivity contribution in [1.82, 2.24) is 10.6 Å². The van der Waals surface area contributed by atoms with Crippen LogP contribution in [0.25, 0.3) is 0 Å². The van der Waals surface area contributed by atoms with E-state index in [2.05, 4.69) is 37.8 Å². The van der Waals surface area contributed by atoms with Crippen LogP contribution in [0.5, 0.6) is 0 Å². The largest absolute Gasteiger partial charge is 0.302 e. The van der Waals surface area contributed by atoms with Crippen molar-refractivity contribution in [3.8, 4) is 0 Å². The van der Waals surface area contributed by atoms with Gasteiger partial charge in [0.1, 0.15) is 0 Å². The summed E-state index contributed by atoms with van der Waals surface area (Å²) in [6.45, 7) is 8.29. The monoisotopic (exact) mass is 129 g/mol. The van der Waals surface area contributed by atoms with Crippen LogP contribution in [-0.2, 0) is 0 Å². The van der Waals surface area contributed by atoms with Gasteiger partial charge in [0.05, 0.1) is 6.17 Å². The summed E-state index contributed by atoms with van der Waals surface area (Å²) in [5.41, 5.74) is 0. The Morgan fingerprint density at radius 3 is 1.89 bits per heavy atom. The normalized spacial score (nSPS) is 10.7. The SMILES string of the molecule is C[CH]C(NCC)NCC. The molecule has 0 rings (SSSR count). The minimum absolute atomic E-state index is 0.389. The summed E-state index contributed by atoms with van der Waals surface area (Å²) in [7, 11) is 0. The molecule has 0 aliphatic heterocycles. The third kappa shape index (κ3) is 4.43. The van der Waals surface area contributed by atoms with Crippen LogP contribution in [-0.4, -0.2) is 19.3 Å².